The predicted molar refractivity (Wildman–Crippen MR) is 59.9 cm³/mol. The number of hydrogen-bond acceptors (Lipinski definition) is 3. The summed E-state index contributed by atoms with van der Waals surface area (Å²) >= 11 is 0. The Hall–Kier alpha value is -2.56. The first kappa shape index (κ1) is 9.65. The first-order valence-electron chi connectivity index (χ1n) is 5.00. The van der Waals surface area contributed by atoms with Gasteiger partial charge in [0, 0.05) is 6.20 Å². The first-order valence-corrected chi connectivity index (χ1v) is 5.00. The van der Waals surface area contributed by atoms with Crippen LogP contribution in [0, 0.1) is 0 Å². The van der Waals surface area contributed by atoms with Gasteiger partial charge in [-0.05, 0) is 24.3 Å². The van der Waals surface area contributed by atoms with E-state index in [1.807, 2.05) is 0 Å². The maximum atomic E-state index is 11.0. The van der Waals surface area contributed by atoms with Gasteiger partial charge in [-0.15, -0.1) is 0 Å². The van der Waals surface area contributed by atoms with Crippen molar-refractivity contribution in [1.82, 2.24) is 9.38 Å². The molecule has 3 heterocycles. The molecule has 3 rings (SSSR count). The molecule has 0 atom stereocenters. The van der Waals surface area contributed by atoms with Crippen LogP contribution in [-0.4, -0.2) is 20.5 Å². The second-order valence-electron chi connectivity index (χ2n) is 3.54. The fourth-order valence-corrected chi connectivity index (χ4v) is 1.79. The van der Waals surface area contributed by atoms with Crippen molar-refractivity contribution in [2.75, 3.05) is 0 Å². The van der Waals surface area contributed by atoms with Crippen LogP contribution in [0.4, 0.5) is 0 Å². The third-order valence-corrected chi connectivity index (χ3v) is 2.54. The molecule has 1 N–H and O–H groups in total. The molecule has 0 fully saturated rings. The maximum absolute atomic E-state index is 11.0. The van der Waals surface area contributed by atoms with Crippen LogP contribution < -0.4 is 0 Å². The summed E-state index contributed by atoms with van der Waals surface area (Å²) in [6.45, 7) is 0. The monoisotopic (exact) mass is 228 g/mol. The fourth-order valence-electron chi connectivity index (χ4n) is 1.79. The van der Waals surface area contributed by atoms with E-state index < -0.39 is 5.97 Å². The van der Waals surface area contributed by atoms with Gasteiger partial charge in [0.15, 0.2) is 11.6 Å². The first-order chi connectivity index (χ1) is 8.27. The van der Waals surface area contributed by atoms with Gasteiger partial charge < -0.3 is 9.52 Å². The lowest BCUT2D eigenvalue weighted by atomic mass is 10.2. The van der Waals surface area contributed by atoms with Crippen LogP contribution in [0.2, 0.25) is 0 Å². The number of fused-ring (bicyclic) bond motifs is 1. The van der Waals surface area contributed by atoms with E-state index in [2.05, 4.69) is 4.98 Å². The lowest BCUT2D eigenvalue weighted by Gasteiger charge is -2.00. The third kappa shape index (κ3) is 1.40. The Balaban J connectivity index is 2.31. The number of rotatable bonds is 2. The second kappa shape index (κ2) is 3.48. The summed E-state index contributed by atoms with van der Waals surface area (Å²) in [6.07, 6.45) is 4.84. The lowest BCUT2D eigenvalue weighted by molar-refractivity contribution is 0.0698. The summed E-state index contributed by atoms with van der Waals surface area (Å²) in [5.41, 5.74) is 0.768. The van der Waals surface area contributed by atoms with Crippen molar-refractivity contribution in [3.8, 4) is 11.6 Å². The second-order valence-corrected chi connectivity index (χ2v) is 3.54. The minimum absolute atomic E-state index is 0.220. The summed E-state index contributed by atoms with van der Waals surface area (Å²) in [5.74, 6) is 0.224. The van der Waals surface area contributed by atoms with Crippen LogP contribution in [0.3, 0.4) is 0 Å². The molecular formula is C12H8N2O3. The smallest absolute Gasteiger partial charge is 0.337 e. The lowest BCUT2D eigenvalue weighted by Crippen LogP contribution is -1.99. The molecule has 5 heteroatoms. The third-order valence-electron chi connectivity index (χ3n) is 2.54. The van der Waals surface area contributed by atoms with Crippen LogP contribution >= 0.6 is 0 Å². The van der Waals surface area contributed by atoms with Crippen molar-refractivity contribution >= 4 is 11.5 Å². The Labute approximate surface area is 95.9 Å². The molecular weight excluding hydrogens is 220 g/mol. The van der Waals surface area contributed by atoms with E-state index in [1.54, 1.807) is 41.1 Å². The molecule has 3 aromatic heterocycles. The highest BCUT2D eigenvalue weighted by atomic mass is 16.4. The molecule has 3 aromatic rings. The zero-order valence-corrected chi connectivity index (χ0v) is 8.70. The zero-order chi connectivity index (χ0) is 11.8. The van der Waals surface area contributed by atoms with E-state index in [0.717, 1.165) is 0 Å². The van der Waals surface area contributed by atoms with Gasteiger partial charge in [0.05, 0.1) is 23.5 Å². The number of nitrogens with zero attached hydrogens (tertiary/aromatic N) is 2. The zero-order valence-electron chi connectivity index (χ0n) is 8.70. The Morgan fingerprint density at radius 2 is 2.24 bits per heavy atom. The van der Waals surface area contributed by atoms with Crippen molar-refractivity contribution in [2.24, 2.45) is 0 Å². The van der Waals surface area contributed by atoms with E-state index in [1.165, 1.54) is 6.20 Å². The van der Waals surface area contributed by atoms with Crippen molar-refractivity contribution in [3.05, 3.63) is 48.5 Å². The molecule has 0 radical (unpaired) electrons. The van der Waals surface area contributed by atoms with E-state index in [4.69, 9.17) is 9.52 Å². The molecule has 5 nitrogen and oxygen atoms in total. The number of hydrogen-bond donors (Lipinski definition) is 1. The minimum atomic E-state index is -0.971. The Morgan fingerprint density at radius 3 is 2.94 bits per heavy atom. The molecule has 0 aliphatic carbocycles. The highest BCUT2D eigenvalue weighted by molar-refractivity contribution is 5.95. The highest BCUT2D eigenvalue weighted by Gasteiger charge is 2.14. The van der Waals surface area contributed by atoms with Gasteiger partial charge in [-0.1, -0.05) is 0 Å². The minimum Gasteiger partial charge on any atom is -0.478 e. The van der Waals surface area contributed by atoms with Crippen molar-refractivity contribution in [3.63, 3.8) is 0 Å². The molecule has 0 aliphatic heterocycles. The highest BCUT2D eigenvalue weighted by Crippen LogP contribution is 2.21. The number of imidazole rings is 1. The quantitative estimate of drug-likeness (QED) is 0.730. The van der Waals surface area contributed by atoms with Crippen molar-refractivity contribution in [1.29, 1.82) is 0 Å². The average molecular weight is 228 g/mol. The Kier molecular flexibility index (Phi) is 1.98. The molecule has 0 spiro atoms. The summed E-state index contributed by atoms with van der Waals surface area (Å²) in [7, 11) is 0. The van der Waals surface area contributed by atoms with Crippen LogP contribution in [-0.2, 0) is 0 Å². The SMILES string of the molecule is O=C(O)c1cccn2c(-c3ccco3)ncc12. The molecule has 0 bridgehead atoms. The number of carbonyl (C=O) groups is 1. The van der Waals surface area contributed by atoms with Crippen molar-refractivity contribution in [2.45, 2.75) is 0 Å². The van der Waals surface area contributed by atoms with Crippen LogP contribution in [0.25, 0.3) is 17.1 Å². The van der Waals surface area contributed by atoms with Gasteiger partial charge in [0.25, 0.3) is 0 Å². The topological polar surface area (TPSA) is 67.7 Å². The molecule has 0 saturated heterocycles. The van der Waals surface area contributed by atoms with Gasteiger partial charge in [-0.3, -0.25) is 4.40 Å². The van der Waals surface area contributed by atoms with E-state index >= 15 is 0 Å². The normalized spacial score (nSPS) is 10.8. The summed E-state index contributed by atoms with van der Waals surface area (Å²) in [5, 5.41) is 9.06. The maximum Gasteiger partial charge on any atom is 0.337 e. The average Bonchev–Trinajstić information content (AvgIpc) is 2.96. The molecule has 0 saturated carbocycles. The van der Waals surface area contributed by atoms with Crippen LogP contribution in [0.5, 0.6) is 0 Å². The Bertz CT molecular complexity index is 683. The number of aromatic carboxylic acids is 1. The number of aromatic nitrogens is 2. The standard InChI is InChI=1S/C12H8N2O3/c15-12(16)8-3-1-5-14-9(8)7-13-11(14)10-4-2-6-17-10/h1-7H,(H,15,16). The van der Waals surface area contributed by atoms with Gasteiger partial charge >= 0.3 is 5.97 Å². The molecule has 0 aliphatic rings. The van der Waals surface area contributed by atoms with Crippen molar-refractivity contribution < 1.29 is 14.3 Å². The van der Waals surface area contributed by atoms with Crippen LogP contribution in [0.15, 0.2) is 47.3 Å². The summed E-state index contributed by atoms with van der Waals surface area (Å²) < 4.78 is 6.95. The Morgan fingerprint density at radius 1 is 1.35 bits per heavy atom. The number of pyridine rings is 1. The molecule has 0 unspecified atom stereocenters. The number of furan rings is 1. The van der Waals surface area contributed by atoms with E-state index in [-0.39, 0.29) is 5.56 Å². The number of carboxylic acid groups (broad SMARTS) is 1. The van der Waals surface area contributed by atoms with Gasteiger partial charge in [-0.2, -0.15) is 0 Å². The number of carboxylic acids is 1. The van der Waals surface area contributed by atoms with Crippen LogP contribution in [0.1, 0.15) is 10.4 Å². The summed E-state index contributed by atoms with van der Waals surface area (Å²) in [6, 6.07) is 6.76. The van der Waals surface area contributed by atoms with E-state index in [9.17, 15) is 4.79 Å². The molecule has 0 aromatic carbocycles. The van der Waals surface area contributed by atoms with Gasteiger partial charge in [0.1, 0.15) is 0 Å². The molecule has 84 valence electrons. The fraction of sp³-hybridized carbons (Fsp3) is 0. The largest absolute Gasteiger partial charge is 0.478 e. The van der Waals surface area contributed by atoms with Gasteiger partial charge in [-0.25, -0.2) is 9.78 Å². The summed E-state index contributed by atoms with van der Waals surface area (Å²) in [4.78, 5) is 15.2. The van der Waals surface area contributed by atoms with Gasteiger partial charge in [0.2, 0.25) is 0 Å². The molecule has 0 amide bonds. The predicted octanol–water partition coefficient (Wildman–Crippen LogP) is 2.29. The van der Waals surface area contributed by atoms with E-state index in [0.29, 0.717) is 17.1 Å². The molecule has 17 heavy (non-hydrogen) atoms.